The highest BCUT2D eigenvalue weighted by Gasteiger charge is 2.38. The van der Waals surface area contributed by atoms with Gasteiger partial charge in [0.15, 0.2) is 0 Å². The summed E-state index contributed by atoms with van der Waals surface area (Å²) in [6.07, 6.45) is 6.15. The van der Waals surface area contributed by atoms with E-state index in [1.54, 1.807) is 0 Å². The third-order valence-corrected chi connectivity index (χ3v) is 3.43. The zero-order valence-corrected chi connectivity index (χ0v) is 8.79. The van der Waals surface area contributed by atoms with Crippen molar-refractivity contribution >= 4 is 5.97 Å². The fraction of sp³-hybridized carbons (Fsp3) is 0.909. The summed E-state index contributed by atoms with van der Waals surface area (Å²) in [4.78, 5) is 11.5. The number of esters is 1. The van der Waals surface area contributed by atoms with E-state index < -0.39 is 0 Å². The maximum atomic E-state index is 11.5. The maximum absolute atomic E-state index is 11.5. The van der Waals surface area contributed by atoms with Crippen molar-refractivity contribution in [3.05, 3.63) is 0 Å². The van der Waals surface area contributed by atoms with Crippen molar-refractivity contribution in [3.63, 3.8) is 0 Å². The molecule has 3 nitrogen and oxygen atoms in total. The largest absolute Gasteiger partial charge is 0.465 e. The number of nitrogens with one attached hydrogen (secondary N) is 1. The third-order valence-electron chi connectivity index (χ3n) is 3.43. The zero-order chi connectivity index (χ0) is 9.97. The van der Waals surface area contributed by atoms with Crippen LogP contribution in [0, 0.1) is 5.92 Å². The summed E-state index contributed by atoms with van der Waals surface area (Å²) in [5.41, 5.74) is 0. The Balaban J connectivity index is 1.89. The first-order chi connectivity index (χ1) is 6.81. The lowest BCUT2D eigenvalue weighted by Gasteiger charge is -2.24. The van der Waals surface area contributed by atoms with Gasteiger partial charge in [0.1, 0.15) is 6.04 Å². The highest BCUT2D eigenvalue weighted by Crippen LogP contribution is 2.33. The summed E-state index contributed by atoms with van der Waals surface area (Å²) in [6.45, 7) is 2.35. The van der Waals surface area contributed by atoms with Crippen molar-refractivity contribution in [2.24, 2.45) is 5.92 Å². The summed E-state index contributed by atoms with van der Waals surface area (Å²) in [7, 11) is 0. The molecule has 0 bridgehead atoms. The van der Waals surface area contributed by atoms with Crippen molar-refractivity contribution in [1.82, 2.24) is 5.32 Å². The summed E-state index contributed by atoms with van der Waals surface area (Å²) < 4.78 is 5.03. The average Bonchev–Trinajstić information content (AvgIpc) is 2.61. The van der Waals surface area contributed by atoms with Gasteiger partial charge in [-0.3, -0.25) is 4.79 Å². The van der Waals surface area contributed by atoms with E-state index in [1.165, 1.54) is 25.7 Å². The lowest BCUT2D eigenvalue weighted by molar-refractivity contribution is -0.145. The van der Waals surface area contributed by atoms with Gasteiger partial charge in [-0.05, 0) is 32.1 Å². The van der Waals surface area contributed by atoms with Crippen LogP contribution in [-0.2, 0) is 9.53 Å². The Hall–Kier alpha value is -0.570. The molecule has 3 heteroatoms. The van der Waals surface area contributed by atoms with Crippen LogP contribution in [0.15, 0.2) is 0 Å². The maximum Gasteiger partial charge on any atom is 0.323 e. The molecule has 0 aromatic rings. The Kier molecular flexibility index (Phi) is 3.06. The van der Waals surface area contributed by atoms with Gasteiger partial charge < -0.3 is 10.1 Å². The number of rotatable bonds is 2. The van der Waals surface area contributed by atoms with Crippen LogP contribution in [0.1, 0.15) is 39.0 Å². The molecular weight excluding hydrogens is 178 g/mol. The molecule has 14 heavy (non-hydrogen) atoms. The highest BCUT2D eigenvalue weighted by atomic mass is 16.5. The van der Waals surface area contributed by atoms with E-state index in [-0.39, 0.29) is 12.0 Å². The summed E-state index contributed by atoms with van der Waals surface area (Å²) in [6, 6.07) is 0.557. The first-order valence-corrected chi connectivity index (χ1v) is 5.74. The van der Waals surface area contributed by atoms with Gasteiger partial charge in [0.2, 0.25) is 0 Å². The van der Waals surface area contributed by atoms with Gasteiger partial charge in [0.05, 0.1) is 6.61 Å². The van der Waals surface area contributed by atoms with Crippen molar-refractivity contribution < 1.29 is 9.53 Å². The van der Waals surface area contributed by atoms with Crippen LogP contribution in [0.5, 0.6) is 0 Å². The van der Waals surface area contributed by atoms with Crippen LogP contribution in [-0.4, -0.2) is 24.7 Å². The molecule has 0 amide bonds. The summed E-state index contributed by atoms with van der Waals surface area (Å²) >= 11 is 0. The van der Waals surface area contributed by atoms with E-state index in [0.29, 0.717) is 12.6 Å². The van der Waals surface area contributed by atoms with Crippen molar-refractivity contribution in [2.75, 3.05) is 6.61 Å². The number of carbonyl (C=O) groups is 1. The van der Waals surface area contributed by atoms with Gasteiger partial charge >= 0.3 is 5.97 Å². The van der Waals surface area contributed by atoms with Gasteiger partial charge in [-0.15, -0.1) is 0 Å². The van der Waals surface area contributed by atoms with Gasteiger partial charge in [0.25, 0.3) is 0 Å². The molecule has 0 radical (unpaired) electrons. The van der Waals surface area contributed by atoms with E-state index in [1.807, 2.05) is 6.92 Å². The van der Waals surface area contributed by atoms with Gasteiger partial charge in [-0.2, -0.15) is 0 Å². The molecule has 1 N–H and O–H groups in total. The minimum absolute atomic E-state index is 0.0250. The van der Waals surface area contributed by atoms with Crippen LogP contribution in [0.25, 0.3) is 0 Å². The molecule has 80 valence electrons. The summed E-state index contributed by atoms with van der Waals surface area (Å²) in [5.74, 6) is 0.667. The van der Waals surface area contributed by atoms with Crippen molar-refractivity contribution in [3.8, 4) is 0 Å². The first-order valence-electron chi connectivity index (χ1n) is 5.74. The number of hydrogen-bond donors (Lipinski definition) is 1. The molecule has 1 aliphatic carbocycles. The summed E-state index contributed by atoms with van der Waals surface area (Å²) in [5, 5.41) is 3.40. The Morgan fingerprint density at radius 1 is 1.43 bits per heavy atom. The fourth-order valence-electron chi connectivity index (χ4n) is 2.75. The molecule has 3 atom stereocenters. The van der Waals surface area contributed by atoms with Crippen molar-refractivity contribution in [2.45, 2.75) is 51.1 Å². The fourth-order valence-corrected chi connectivity index (χ4v) is 2.75. The van der Waals surface area contributed by atoms with E-state index in [2.05, 4.69) is 5.32 Å². The van der Waals surface area contributed by atoms with Crippen LogP contribution in [0.2, 0.25) is 0 Å². The minimum Gasteiger partial charge on any atom is -0.465 e. The number of carbonyl (C=O) groups excluding carboxylic acids is 1. The normalized spacial score (nSPS) is 36.5. The predicted octanol–water partition coefficient (Wildman–Crippen LogP) is 1.47. The number of ether oxygens (including phenoxy) is 1. The predicted molar refractivity (Wildman–Crippen MR) is 53.9 cm³/mol. The molecular formula is C11H19NO2. The molecule has 2 aliphatic rings. The molecule has 1 saturated carbocycles. The molecule has 2 rings (SSSR count). The van der Waals surface area contributed by atoms with Crippen molar-refractivity contribution in [1.29, 1.82) is 0 Å². The first kappa shape index (κ1) is 9.97. The second-order valence-electron chi connectivity index (χ2n) is 4.36. The Morgan fingerprint density at radius 2 is 2.21 bits per heavy atom. The molecule has 1 heterocycles. The average molecular weight is 197 g/mol. The number of fused-ring (bicyclic) bond motifs is 1. The van der Waals surface area contributed by atoms with Crippen LogP contribution in [0.3, 0.4) is 0 Å². The lowest BCUT2D eigenvalue weighted by atomic mass is 9.85. The Labute approximate surface area is 85.2 Å². The van der Waals surface area contributed by atoms with Crippen LogP contribution < -0.4 is 5.32 Å². The van der Waals surface area contributed by atoms with E-state index in [0.717, 1.165) is 12.3 Å². The smallest absolute Gasteiger partial charge is 0.323 e. The highest BCUT2D eigenvalue weighted by molar-refractivity contribution is 5.76. The standard InChI is InChI=1S/C11H19NO2/c1-2-14-11(13)10-7-8-5-3-4-6-9(8)12-10/h8-10,12H,2-7H2,1H3/t8-,9-,10+/m0/s1. The minimum atomic E-state index is -0.0538. The Morgan fingerprint density at radius 3 is 2.93 bits per heavy atom. The molecule has 0 aromatic heterocycles. The monoisotopic (exact) mass is 197 g/mol. The molecule has 1 aliphatic heterocycles. The Bertz CT molecular complexity index is 203. The molecule has 0 spiro atoms. The van der Waals surface area contributed by atoms with Crippen LogP contribution in [0.4, 0.5) is 0 Å². The van der Waals surface area contributed by atoms with Gasteiger partial charge in [0, 0.05) is 6.04 Å². The lowest BCUT2D eigenvalue weighted by Crippen LogP contribution is -2.38. The van der Waals surface area contributed by atoms with E-state index in [4.69, 9.17) is 4.74 Å². The van der Waals surface area contributed by atoms with E-state index >= 15 is 0 Å². The molecule has 1 saturated heterocycles. The second-order valence-corrected chi connectivity index (χ2v) is 4.36. The van der Waals surface area contributed by atoms with Gasteiger partial charge in [-0.25, -0.2) is 0 Å². The quantitative estimate of drug-likeness (QED) is 0.681. The van der Waals surface area contributed by atoms with Gasteiger partial charge in [-0.1, -0.05) is 12.8 Å². The van der Waals surface area contributed by atoms with E-state index in [9.17, 15) is 4.79 Å². The molecule has 0 aromatic carbocycles. The SMILES string of the molecule is CCOC(=O)[C@H]1C[C@@H]2CCCC[C@@H]2N1. The topological polar surface area (TPSA) is 38.3 Å². The second kappa shape index (κ2) is 4.30. The third kappa shape index (κ3) is 1.92. The molecule has 2 fully saturated rings. The zero-order valence-electron chi connectivity index (χ0n) is 8.79. The number of hydrogen-bond acceptors (Lipinski definition) is 3. The molecule has 0 unspecified atom stereocenters. The van der Waals surface area contributed by atoms with Crippen LogP contribution >= 0.6 is 0 Å².